The third-order valence-electron chi connectivity index (χ3n) is 5.53. The van der Waals surface area contributed by atoms with E-state index < -0.39 is 0 Å². The molecule has 1 aromatic carbocycles. The van der Waals surface area contributed by atoms with Crippen molar-refractivity contribution < 1.29 is 14.3 Å². The highest BCUT2D eigenvalue weighted by atomic mass is 16.3. The van der Waals surface area contributed by atoms with Gasteiger partial charge in [0.1, 0.15) is 5.76 Å². The Morgan fingerprint density at radius 2 is 1.96 bits per heavy atom. The molecule has 4 heteroatoms. The van der Waals surface area contributed by atoms with Gasteiger partial charge in [0.2, 0.25) is 5.91 Å². The smallest absolute Gasteiger partial charge is 0.224 e. The normalized spacial score (nSPS) is 28.2. The fourth-order valence-corrected chi connectivity index (χ4v) is 4.41. The molecule has 0 radical (unpaired) electrons. The van der Waals surface area contributed by atoms with Crippen LogP contribution in [0.1, 0.15) is 23.7 Å². The number of fused-ring (bicyclic) bond motifs is 2. The average Bonchev–Trinajstić information content (AvgIpc) is 3.38. The second kappa shape index (κ2) is 6.89. The third kappa shape index (κ3) is 3.14. The molecule has 1 fully saturated rings. The molecule has 2 aliphatic carbocycles. The van der Waals surface area contributed by atoms with E-state index in [0.717, 1.165) is 17.7 Å². The number of aliphatic hydroxyl groups excluding tert-OH is 1. The number of amides is 1. The summed E-state index contributed by atoms with van der Waals surface area (Å²) in [6, 6.07) is 13.5. The third-order valence-corrected chi connectivity index (χ3v) is 5.53. The SMILES string of the molecule is O=C(N[C@H](CO)Cc1ccccc1)[C@@H]1[C@H](c2ccco2)[C@H]2C=C[C@@H]1C2. The molecule has 2 aliphatic rings. The van der Waals surface area contributed by atoms with E-state index in [1.54, 1.807) is 6.26 Å². The van der Waals surface area contributed by atoms with E-state index in [1.807, 2.05) is 42.5 Å². The molecular weight excluding hydrogens is 314 g/mol. The van der Waals surface area contributed by atoms with Crippen molar-refractivity contribution in [2.45, 2.75) is 24.8 Å². The molecule has 2 aromatic rings. The predicted octanol–water partition coefficient (Wildman–Crippen LogP) is 2.91. The summed E-state index contributed by atoms with van der Waals surface area (Å²) < 4.78 is 5.61. The first-order valence-corrected chi connectivity index (χ1v) is 8.93. The van der Waals surface area contributed by atoms with Crippen molar-refractivity contribution in [1.29, 1.82) is 0 Å². The number of rotatable bonds is 6. The van der Waals surface area contributed by atoms with Gasteiger partial charge in [-0.15, -0.1) is 0 Å². The molecule has 1 amide bonds. The number of hydrogen-bond donors (Lipinski definition) is 2. The number of benzene rings is 1. The lowest BCUT2D eigenvalue weighted by Crippen LogP contribution is -2.44. The topological polar surface area (TPSA) is 62.5 Å². The van der Waals surface area contributed by atoms with Gasteiger partial charge in [0.25, 0.3) is 0 Å². The first-order chi connectivity index (χ1) is 12.3. The summed E-state index contributed by atoms with van der Waals surface area (Å²) in [4.78, 5) is 13.0. The van der Waals surface area contributed by atoms with Crippen LogP contribution >= 0.6 is 0 Å². The van der Waals surface area contributed by atoms with E-state index in [9.17, 15) is 9.90 Å². The molecule has 1 aromatic heterocycles. The zero-order valence-electron chi connectivity index (χ0n) is 14.0. The van der Waals surface area contributed by atoms with E-state index in [4.69, 9.17) is 4.42 Å². The Balaban J connectivity index is 1.48. The minimum Gasteiger partial charge on any atom is -0.469 e. The minimum atomic E-state index is -0.268. The maximum absolute atomic E-state index is 13.0. The highest BCUT2D eigenvalue weighted by Crippen LogP contribution is 2.53. The first kappa shape index (κ1) is 16.2. The molecule has 1 heterocycles. The van der Waals surface area contributed by atoms with Crippen molar-refractivity contribution in [3.8, 4) is 0 Å². The molecule has 5 atom stereocenters. The summed E-state index contributed by atoms with van der Waals surface area (Å²) in [7, 11) is 0. The maximum Gasteiger partial charge on any atom is 0.224 e. The van der Waals surface area contributed by atoms with Gasteiger partial charge in [-0.25, -0.2) is 0 Å². The molecule has 4 nitrogen and oxygen atoms in total. The number of furan rings is 1. The number of allylic oxidation sites excluding steroid dienone is 2. The van der Waals surface area contributed by atoms with Crippen molar-refractivity contribution in [3.05, 3.63) is 72.2 Å². The summed E-state index contributed by atoms with van der Waals surface area (Å²) in [6.07, 6.45) is 7.69. The quantitative estimate of drug-likeness (QED) is 0.797. The monoisotopic (exact) mass is 337 g/mol. The molecule has 4 rings (SSSR count). The molecule has 2 bridgehead atoms. The maximum atomic E-state index is 13.0. The standard InChI is InChI=1S/C21H23NO3/c23-13-17(11-14-5-2-1-3-6-14)22-21(24)20-16-9-8-15(12-16)19(20)18-7-4-10-25-18/h1-10,15-17,19-20,23H,11-13H2,(H,22,24)/t15-,16+,17-,19-,20-/m0/s1. The first-order valence-electron chi connectivity index (χ1n) is 8.93. The molecule has 0 saturated heterocycles. The van der Waals surface area contributed by atoms with Gasteiger partial charge in [-0.05, 0) is 42.4 Å². The number of nitrogens with one attached hydrogen (secondary N) is 1. The Kier molecular flexibility index (Phi) is 4.45. The summed E-state index contributed by atoms with van der Waals surface area (Å²) in [5, 5.41) is 12.8. The van der Waals surface area contributed by atoms with Crippen molar-refractivity contribution in [3.63, 3.8) is 0 Å². The lowest BCUT2D eigenvalue weighted by atomic mass is 9.80. The van der Waals surface area contributed by atoms with Crippen LogP contribution < -0.4 is 5.32 Å². The van der Waals surface area contributed by atoms with Crippen molar-refractivity contribution in [1.82, 2.24) is 5.32 Å². The van der Waals surface area contributed by atoms with E-state index in [2.05, 4.69) is 17.5 Å². The van der Waals surface area contributed by atoms with Gasteiger partial charge in [-0.1, -0.05) is 42.5 Å². The van der Waals surface area contributed by atoms with Crippen LogP contribution in [-0.2, 0) is 11.2 Å². The van der Waals surface area contributed by atoms with Gasteiger partial charge in [-0.3, -0.25) is 4.79 Å². The van der Waals surface area contributed by atoms with Gasteiger partial charge in [0, 0.05) is 5.92 Å². The number of hydrogen-bond acceptors (Lipinski definition) is 3. The largest absolute Gasteiger partial charge is 0.469 e. The van der Waals surface area contributed by atoms with Crippen molar-refractivity contribution in [2.75, 3.05) is 6.61 Å². The van der Waals surface area contributed by atoms with Gasteiger partial charge < -0.3 is 14.8 Å². The fraction of sp³-hybridized carbons (Fsp3) is 0.381. The van der Waals surface area contributed by atoms with Crippen LogP contribution in [0.15, 0.2) is 65.3 Å². The summed E-state index contributed by atoms with van der Waals surface area (Å²) in [6.45, 7) is -0.0668. The Bertz CT molecular complexity index is 738. The van der Waals surface area contributed by atoms with Gasteiger partial charge in [-0.2, -0.15) is 0 Å². The van der Waals surface area contributed by atoms with Crippen LogP contribution in [0.4, 0.5) is 0 Å². The Morgan fingerprint density at radius 3 is 2.68 bits per heavy atom. The lowest BCUT2D eigenvalue weighted by Gasteiger charge is -2.27. The zero-order chi connectivity index (χ0) is 17.2. The van der Waals surface area contributed by atoms with E-state index >= 15 is 0 Å². The molecule has 0 spiro atoms. The summed E-state index contributed by atoms with van der Waals surface area (Å²) in [5.74, 6) is 1.52. The molecule has 1 saturated carbocycles. The van der Waals surface area contributed by atoms with Gasteiger partial charge in [0.05, 0.1) is 24.8 Å². The van der Waals surface area contributed by atoms with Crippen molar-refractivity contribution >= 4 is 5.91 Å². The molecule has 130 valence electrons. The Hall–Kier alpha value is -2.33. The van der Waals surface area contributed by atoms with Crippen LogP contribution in [0.25, 0.3) is 0 Å². The molecule has 2 N–H and O–H groups in total. The minimum absolute atomic E-state index is 0.0215. The van der Waals surface area contributed by atoms with Crippen molar-refractivity contribution in [2.24, 2.45) is 17.8 Å². The number of aliphatic hydroxyl groups is 1. The predicted molar refractivity (Wildman–Crippen MR) is 94.8 cm³/mol. The van der Waals surface area contributed by atoms with E-state index in [-0.39, 0.29) is 36.3 Å². The molecule has 0 aliphatic heterocycles. The molecular formula is C21H23NO3. The number of carbonyl (C=O) groups excluding carboxylic acids is 1. The van der Waals surface area contributed by atoms with Crippen LogP contribution in [0.3, 0.4) is 0 Å². The van der Waals surface area contributed by atoms with Crippen LogP contribution in [0.2, 0.25) is 0 Å². The zero-order valence-corrected chi connectivity index (χ0v) is 14.0. The van der Waals surface area contributed by atoms with Crippen LogP contribution in [0, 0.1) is 17.8 Å². The summed E-state index contributed by atoms with van der Waals surface area (Å²) >= 11 is 0. The second-order valence-corrected chi connectivity index (χ2v) is 7.09. The highest BCUT2D eigenvalue weighted by molar-refractivity contribution is 5.81. The Labute approximate surface area is 147 Å². The van der Waals surface area contributed by atoms with Crippen LogP contribution in [0.5, 0.6) is 0 Å². The molecule has 25 heavy (non-hydrogen) atoms. The van der Waals surface area contributed by atoms with E-state index in [0.29, 0.717) is 12.3 Å². The highest BCUT2D eigenvalue weighted by Gasteiger charge is 2.50. The summed E-state index contributed by atoms with van der Waals surface area (Å²) in [5.41, 5.74) is 1.11. The van der Waals surface area contributed by atoms with Gasteiger partial charge in [0.15, 0.2) is 0 Å². The van der Waals surface area contributed by atoms with Crippen LogP contribution in [-0.4, -0.2) is 23.7 Å². The van der Waals surface area contributed by atoms with Gasteiger partial charge >= 0.3 is 0 Å². The molecule has 0 unspecified atom stereocenters. The lowest BCUT2D eigenvalue weighted by molar-refractivity contribution is -0.127. The number of carbonyl (C=O) groups is 1. The fourth-order valence-electron chi connectivity index (χ4n) is 4.41. The second-order valence-electron chi connectivity index (χ2n) is 7.09. The average molecular weight is 337 g/mol. The Morgan fingerprint density at radius 1 is 1.16 bits per heavy atom. The van der Waals surface area contributed by atoms with E-state index in [1.165, 1.54) is 0 Å².